The molecule has 0 aliphatic carbocycles. The molecule has 0 atom stereocenters. The summed E-state index contributed by atoms with van der Waals surface area (Å²) >= 11 is 0. The van der Waals surface area contributed by atoms with Crippen LogP contribution in [0, 0.1) is 0 Å². The van der Waals surface area contributed by atoms with Crippen LogP contribution < -0.4 is 0 Å². The highest BCUT2D eigenvalue weighted by molar-refractivity contribution is 5.14. The van der Waals surface area contributed by atoms with Gasteiger partial charge in [0.1, 0.15) is 0 Å². The highest BCUT2D eigenvalue weighted by Gasteiger charge is 1.75. The van der Waals surface area contributed by atoms with Crippen molar-refractivity contribution < 1.29 is 0 Å². The van der Waals surface area contributed by atoms with Gasteiger partial charge in [0.15, 0.2) is 0 Å². The SMILES string of the molecule is C=CC=C=CC(=C)CC. The van der Waals surface area contributed by atoms with Crippen LogP contribution in [-0.2, 0) is 0 Å². The van der Waals surface area contributed by atoms with Crippen LogP contribution in [0.3, 0.4) is 0 Å². The van der Waals surface area contributed by atoms with Crippen molar-refractivity contribution in [2.24, 2.45) is 0 Å². The number of hydrogen-bond acceptors (Lipinski definition) is 0. The molecule has 0 aliphatic rings. The topological polar surface area (TPSA) is 0 Å². The molecule has 48 valence electrons. The fourth-order valence-corrected chi connectivity index (χ4v) is 0.336. The third-order valence-electron chi connectivity index (χ3n) is 0.956. The van der Waals surface area contributed by atoms with Gasteiger partial charge in [-0.15, -0.1) is 5.73 Å². The second-order valence-electron chi connectivity index (χ2n) is 1.73. The maximum absolute atomic E-state index is 3.77. The van der Waals surface area contributed by atoms with Crippen molar-refractivity contribution in [3.05, 3.63) is 42.7 Å². The van der Waals surface area contributed by atoms with Crippen LogP contribution in [-0.4, -0.2) is 0 Å². The van der Waals surface area contributed by atoms with Gasteiger partial charge in [-0.3, -0.25) is 0 Å². The van der Waals surface area contributed by atoms with E-state index in [0.717, 1.165) is 12.0 Å². The zero-order valence-corrected chi connectivity index (χ0v) is 5.85. The highest BCUT2D eigenvalue weighted by atomic mass is 13.8. The molecule has 0 bridgehead atoms. The maximum atomic E-state index is 3.77. The first-order valence-corrected chi connectivity index (χ1v) is 3.02. The Morgan fingerprint density at radius 2 is 2.33 bits per heavy atom. The molecule has 0 rings (SSSR count). The molecule has 9 heavy (non-hydrogen) atoms. The summed E-state index contributed by atoms with van der Waals surface area (Å²) in [5, 5.41) is 0. The van der Waals surface area contributed by atoms with Gasteiger partial charge < -0.3 is 0 Å². The van der Waals surface area contributed by atoms with Crippen molar-refractivity contribution in [3.8, 4) is 0 Å². The number of hydrogen-bond donors (Lipinski definition) is 0. The van der Waals surface area contributed by atoms with Gasteiger partial charge in [0, 0.05) is 0 Å². The van der Waals surface area contributed by atoms with Crippen LogP contribution in [0.2, 0.25) is 0 Å². The summed E-state index contributed by atoms with van der Waals surface area (Å²) in [6.07, 6.45) is 6.31. The molecular formula is C9H12. The van der Waals surface area contributed by atoms with Crippen LogP contribution in [0.15, 0.2) is 42.7 Å². The molecule has 0 heteroatoms. The fourth-order valence-electron chi connectivity index (χ4n) is 0.336. The molecular weight excluding hydrogens is 108 g/mol. The molecule has 0 saturated carbocycles. The van der Waals surface area contributed by atoms with Crippen molar-refractivity contribution in [2.45, 2.75) is 13.3 Å². The van der Waals surface area contributed by atoms with E-state index >= 15 is 0 Å². The van der Waals surface area contributed by atoms with E-state index in [4.69, 9.17) is 0 Å². The summed E-state index contributed by atoms with van der Waals surface area (Å²) in [6.45, 7) is 9.35. The molecule has 0 nitrogen and oxygen atoms in total. The molecule has 0 heterocycles. The van der Waals surface area contributed by atoms with Crippen molar-refractivity contribution in [1.29, 1.82) is 0 Å². The minimum absolute atomic E-state index is 0.984. The van der Waals surface area contributed by atoms with Crippen LogP contribution in [0.5, 0.6) is 0 Å². The smallest absolute Gasteiger partial charge is 0.0174 e. The van der Waals surface area contributed by atoms with E-state index in [1.807, 2.05) is 6.08 Å². The van der Waals surface area contributed by atoms with Gasteiger partial charge in [-0.05, 0) is 24.1 Å². The molecule has 0 spiro atoms. The minimum Gasteiger partial charge on any atom is -0.121 e. The lowest BCUT2D eigenvalue weighted by molar-refractivity contribution is 1.16. The third-order valence-corrected chi connectivity index (χ3v) is 0.956. The Hall–Kier alpha value is -1.00. The molecule has 0 aromatic rings. The quantitative estimate of drug-likeness (QED) is 0.397. The van der Waals surface area contributed by atoms with E-state index in [-0.39, 0.29) is 0 Å². The Morgan fingerprint density at radius 1 is 1.67 bits per heavy atom. The largest absolute Gasteiger partial charge is 0.121 e. The van der Waals surface area contributed by atoms with Gasteiger partial charge >= 0.3 is 0 Å². The van der Waals surface area contributed by atoms with Gasteiger partial charge in [-0.25, -0.2) is 0 Å². The van der Waals surface area contributed by atoms with Crippen molar-refractivity contribution in [3.63, 3.8) is 0 Å². The predicted molar refractivity (Wildman–Crippen MR) is 42.3 cm³/mol. The second-order valence-corrected chi connectivity index (χ2v) is 1.73. The highest BCUT2D eigenvalue weighted by Crippen LogP contribution is 1.95. The van der Waals surface area contributed by atoms with Gasteiger partial charge in [-0.1, -0.05) is 26.2 Å². The standard InChI is InChI=1S/C9H12/c1-4-6-7-8-9(3)5-2/h4,6,8H,1,3,5H2,2H3. The Kier molecular flexibility index (Phi) is 4.57. The van der Waals surface area contributed by atoms with E-state index < -0.39 is 0 Å². The Morgan fingerprint density at radius 3 is 2.78 bits per heavy atom. The van der Waals surface area contributed by atoms with Crippen molar-refractivity contribution >= 4 is 0 Å². The first kappa shape index (κ1) is 8.00. The second kappa shape index (κ2) is 5.14. The average Bonchev–Trinajstić information content (AvgIpc) is 1.89. The monoisotopic (exact) mass is 120 g/mol. The summed E-state index contributed by atoms with van der Waals surface area (Å²) in [5.41, 5.74) is 4.01. The third kappa shape index (κ3) is 4.86. The van der Waals surface area contributed by atoms with E-state index in [2.05, 4.69) is 25.8 Å². The molecule has 0 N–H and O–H groups in total. The van der Waals surface area contributed by atoms with E-state index in [0.29, 0.717) is 0 Å². The van der Waals surface area contributed by atoms with E-state index in [1.54, 1.807) is 12.2 Å². The summed E-state index contributed by atoms with van der Waals surface area (Å²) < 4.78 is 0. The van der Waals surface area contributed by atoms with Gasteiger partial charge in [0.2, 0.25) is 0 Å². The lowest BCUT2D eigenvalue weighted by Gasteiger charge is -1.84. The van der Waals surface area contributed by atoms with E-state index in [1.165, 1.54) is 0 Å². The number of rotatable bonds is 3. The molecule has 0 saturated heterocycles. The molecule has 0 aromatic carbocycles. The van der Waals surface area contributed by atoms with Gasteiger partial charge in [0.25, 0.3) is 0 Å². The summed E-state index contributed by atoms with van der Waals surface area (Å²) in [7, 11) is 0. The van der Waals surface area contributed by atoms with Crippen LogP contribution >= 0.6 is 0 Å². The van der Waals surface area contributed by atoms with Crippen LogP contribution in [0.4, 0.5) is 0 Å². The average molecular weight is 120 g/mol. The number of allylic oxidation sites excluding steroid dienone is 3. The normalized spacial score (nSPS) is 7.22. The summed E-state index contributed by atoms with van der Waals surface area (Å²) in [5.74, 6) is 0. The predicted octanol–water partition coefficient (Wildman–Crippen LogP) is 2.85. The van der Waals surface area contributed by atoms with Crippen LogP contribution in [0.25, 0.3) is 0 Å². The summed E-state index contributed by atoms with van der Waals surface area (Å²) in [6, 6.07) is 0. The molecule has 0 unspecified atom stereocenters. The first-order valence-electron chi connectivity index (χ1n) is 3.02. The molecule has 0 aliphatic heterocycles. The van der Waals surface area contributed by atoms with Gasteiger partial charge in [-0.2, -0.15) is 0 Å². The maximum Gasteiger partial charge on any atom is -0.0174 e. The molecule has 0 aromatic heterocycles. The van der Waals surface area contributed by atoms with Crippen LogP contribution in [0.1, 0.15) is 13.3 Å². The Balaban J connectivity index is 3.83. The Bertz CT molecular complexity index is 155. The lowest BCUT2D eigenvalue weighted by atomic mass is 10.2. The molecule has 0 fully saturated rings. The Labute approximate surface area is 56.9 Å². The summed E-state index contributed by atoms with van der Waals surface area (Å²) in [4.78, 5) is 0. The van der Waals surface area contributed by atoms with Gasteiger partial charge in [0.05, 0.1) is 0 Å². The fraction of sp³-hybridized carbons (Fsp3) is 0.222. The zero-order valence-electron chi connectivity index (χ0n) is 5.85. The van der Waals surface area contributed by atoms with Crippen molar-refractivity contribution in [2.75, 3.05) is 0 Å². The zero-order chi connectivity index (χ0) is 7.11. The molecule has 0 radical (unpaired) electrons. The first-order chi connectivity index (χ1) is 4.31. The lowest BCUT2D eigenvalue weighted by Crippen LogP contribution is -1.64. The minimum atomic E-state index is 0.984. The molecule has 0 amide bonds. The van der Waals surface area contributed by atoms with E-state index in [9.17, 15) is 0 Å². The van der Waals surface area contributed by atoms with Crippen molar-refractivity contribution in [1.82, 2.24) is 0 Å².